The number of carbonyl (C=O) groups excluding carboxylic acids is 1. The third kappa shape index (κ3) is 12.6. The zero-order valence-electron chi connectivity index (χ0n) is 32.0. The molecule has 10 heteroatoms. The molecule has 1 fully saturated rings. The van der Waals surface area contributed by atoms with Crippen LogP contribution in [0.2, 0.25) is 54.4 Å². The monoisotopic (exact) mass is 708 g/mol. The Balaban J connectivity index is 3.26. The summed E-state index contributed by atoms with van der Waals surface area (Å²) in [6.45, 7) is 38.0. The number of thioether (sulfide) groups is 2. The molecule has 0 aromatic heterocycles. The molecular weight excluding hydrogens is 637 g/mol. The molecule has 0 radical (unpaired) electrons. The van der Waals surface area contributed by atoms with Crippen molar-refractivity contribution in [3.05, 3.63) is 0 Å². The van der Waals surface area contributed by atoms with Crippen LogP contribution in [0.5, 0.6) is 0 Å². The highest BCUT2D eigenvalue weighted by Gasteiger charge is 2.46. The lowest BCUT2D eigenvalue weighted by molar-refractivity contribution is -0.142. The van der Waals surface area contributed by atoms with Gasteiger partial charge in [-0.05, 0) is 86.5 Å². The fourth-order valence-electron chi connectivity index (χ4n) is 4.71. The van der Waals surface area contributed by atoms with Crippen molar-refractivity contribution in [3.63, 3.8) is 0 Å². The smallest absolute Gasteiger partial charge is 0.308 e. The molecule has 0 aromatic rings. The first-order valence-corrected chi connectivity index (χ1v) is 27.8. The van der Waals surface area contributed by atoms with Crippen LogP contribution in [0.3, 0.4) is 0 Å². The van der Waals surface area contributed by atoms with E-state index in [0.717, 1.165) is 38.7 Å². The first-order valence-electron chi connectivity index (χ1n) is 17.1. The molecule has 262 valence electrons. The molecule has 0 aromatic carbocycles. The Bertz CT molecular complexity index is 885. The Hall–Kier alpha value is 0.701. The van der Waals surface area contributed by atoms with Gasteiger partial charge in [-0.25, -0.2) is 0 Å². The maximum atomic E-state index is 12.4. The van der Waals surface area contributed by atoms with Gasteiger partial charge in [-0.1, -0.05) is 69.2 Å². The van der Waals surface area contributed by atoms with Gasteiger partial charge in [0.1, 0.15) is 0 Å². The van der Waals surface area contributed by atoms with Gasteiger partial charge in [-0.15, -0.1) is 23.5 Å². The average Bonchev–Trinajstić information content (AvgIpc) is 3.29. The predicted octanol–water partition coefficient (Wildman–Crippen LogP) is 11.1. The third-order valence-corrected chi connectivity index (χ3v) is 28.2. The van der Waals surface area contributed by atoms with E-state index in [0.29, 0.717) is 12.3 Å². The fourth-order valence-corrected chi connectivity index (χ4v) is 11.9. The first kappa shape index (κ1) is 42.7. The van der Waals surface area contributed by atoms with Crippen molar-refractivity contribution in [2.24, 2.45) is 5.92 Å². The predicted molar refractivity (Wildman–Crippen MR) is 204 cm³/mol. The Morgan fingerprint density at radius 2 is 1.27 bits per heavy atom. The van der Waals surface area contributed by atoms with E-state index >= 15 is 0 Å². The molecule has 0 amide bonds. The van der Waals surface area contributed by atoms with Gasteiger partial charge in [0.05, 0.1) is 29.8 Å². The van der Waals surface area contributed by atoms with Crippen LogP contribution < -0.4 is 0 Å². The number of hydrogen-bond donors (Lipinski definition) is 0. The summed E-state index contributed by atoms with van der Waals surface area (Å²) in [6, 6.07) is 0. The van der Waals surface area contributed by atoms with E-state index in [9.17, 15) is 4.79 Å². The molecule has 1 aliphatic rings. The normalized spacial score (nSPS) is 19.1. The van der Waals surface area contributed by atoms with Crippen LogP contribution in [-0.4, -0.2) is 72.4 Å². The maximum Gasteiger partial charge on any atom is 0.308 e. The summed E-state index contributed by atoms with van der Waals surface area (Å²) in [5.74, 6) is 2.55. The number of rotatable bonds is 17. The van der Waals surface area contributed by atoms with Crippen LogP contribution in [0, 0.1) is 5.92 Å². The molecule has 1 heterocycles. The molecule has 1 aliphatic heterocycles. The van der Waals surface area contributed by atoms with E-state index in [1.165, 1.54) is 18.6 Å². The van der Waals surface area contributed by atoms with Crippen molar-refractivity contribution < 1.29 is 22.8 Å². The minimum atomic E-state index is -2.02. The van der Waals surface area contributed by atoms with Gasteiger partial charge < -0.3 is 18.0 Å². The van der Waals surface area contributed by atoms with Crippen molar-refractivity contribution in [2.45, 2.75) is 178 Å². The number of carbonyl (C=O) groups is 1. The average molecular weight is 709 g/mol. The summed E-state index contributed by atoms with van der Waals surface area (Å²) in [5, 5.41) is 0.428. The summed E-state index contributed by atoms with van der Waals surface area (Å²) in [4.78, 5) is 12.4. The van der Waals surface area contributed by atoms with E-state index in [2.05, 4.69) is 132 Å². The zero-order chi connectivity index (χ0) is 34.4. The summed E-state index contributed by atoms with van der Waals surface area (Å²) in [6.07, 6.45) is 5.49. The number of esters is 1. The highest BCUT2D eigenvalue weighted by atomic mass is 32.2. The molecule has 3 atom stereocenters. The van der Waals surface area contributed by atoms with Gasteiger partial charge in [0.15, 0.2) is 25.0 Å². The van der Waals surface area contributed by atoms with Crippen LogP contribution in [0.4, 0.5) is 0 Å². The molecule has 0 bridgehead atoms. The summed E-state index contributed by atoms with van der Waals surface area (Å²) in [7, 11) is -4.43. The van der Waals surface area contributed by atoms with E-state index in [1.54, 1.807) is 0 Å². The Morgan fingerprint density at radius 1 is 0.795 bits per heavy atom. The lowest BCUT2D eigenvalue weighted by Gasteiger charge is -2.45. The minimum absolute atomic E-state index is 0.0930. The molecule has 0 N–H and O–H groups in total. The van der Waals surface area contributed by atoms with Gasteiger partial charge in [0.25, 0.3) is 0 Å². The van der Waals surface area contributed by atoms with Crippen molar-refractivity contribution in [1.29, 1.82) is 0 Å². The van der Waals surface area contributed by atoms with E-state index < -0.39 is 25.0 Å². The Morgan fingerprint density at radius 3 is 1.70 bits per heavy atom. The van der Waals surface area contributed by atoms with E-state index in [1.807, 2.05) is 0 Å². The molecule has 44 heavy (non-hydrogen) atoms. The molecule has 1 saturated heterocycles. The lowest BCUT2D eigenvalue weighted by Crippen LogP contribution is -2.49. The molecule has 1 rings (SSSR count). The maximum absolute atomic E-state index is 12.4. The summed E-state index contributed by atoms with van der Waals surface area (Å²) in [5.41, 5.74) is 0. The summed E-state index contributed by atoms with van der Waals surface area (Å²) < 4.78 is 26.2. The highest BCUT2D eigenvalue weighted by molar-refractivity contribution is 8.21. The third-order valence-electron chi connectivity index (χ3n) is 11.1. The van der Waals surface area contributed by atoms with Crippen molar-refractivity contribution in [2.75, 3.05) is 25.2 Å². The standard InChI is InChI=1S/C34H72O5S2Si3/c1-18-27(26-37-42(12,13)31(2,3)4)29(39-44(16,17)33(8,9)10)25-34(40-22-23-41-34)21-19-20-28(24-30(35)36-11)38-43(14,15)32(5,6)7/h27-29H,18-26H2,1-17H3/t27-,28+,29-/m1/s1. The second-order valence-corrected chi connectivity index (χ2v) is 35.2. The topological polar surface area (TPSA) is 54.0 Å². The fraction of sp³-hybridized carbons (Fsp3) is 0.971. The molecular formula is C34H72O5S2Si3. The zero-order valence-corrected chi connectivity index (χ0v) is 36.6. The van der Waals surface area contributed by atoms with Crippen molar-refractivity contribution >= 4 is 54.4 Å². The highest BCUT2D eigenvalue weighted by Crippen LogP contribution is 2.53. The van der Waals surface area contributed by atoms with Crippen LogP contribution in [0.15, 0.2) is 0 Å². The van der Waals surface area contributed by atoms with Crippen molar-refractivity contribution in [3.8, 4) is 0 Å². The second-order valence-electron chi connectivity index (χ2n) is 17.6. The van der Waals surface area contributed by atoms with Gasteiger partial charge in [-0.2, -0.15) is 0 Å². The van der Waals surface area contributed by atoms with Gasteiger partial charge in [-0.3, -0.25) is 4.79 Å². The van der Waals surface area contributed by atoms with Crippen LogP contribution in [0.1, 0.15) is 108 Å². The van der Waals surface area contributed by atoms with E-state index in [-0.39, 0.29) is 37.4 Å². The largest absolute Gasteiger partial charge is 0.469 e. The van der Waals surface area contributed by atoms with Crippen LogP contribution in [-0.2, 0) is 22.8 Å². The second kappa shape index (κ2) is 16.4. The molecule has 0 aliphatic carbocycles. The quantitative estimate of drug-likeness (QED) is 0.110. The SMILES string of the molecule is CC[C@H](CO[Si](C)(C)C(C)(C)C)[C@@H](CC1(CCC[C@@H](CC(=O)OC)O[Si](C)(C)C(C)(C)C)SCCS1)O[Si](C)(C)C(C)(C)C. The number of ether oxygens (including phenoxy) is 1. The lowest BCUT2D eigenvalue weighted by atomic mass is 9.94. The van der Waals surface area contributed by atoms with Gasteiger partial charge in [0, 0.05) is 24.0 Å². The first-order chi connectivity index (χ1) is 19.7. The number of hydrogen-bond acceptors (Lipinski definition) is 7. The molecule has 0 saturated carbocycles. The van der Waals surface area contributed by atoms with Crippen LogP contribution >= 0.6 is 23.5 Å². The van der Waals surface area contributed by atoms with Gasteiger partial charge in [0.2, 0.25) is 0 Å². The van der Waals surface area contributed by atoms with E-state index in [4.69, 9.17) is 18.0 Å². The molecule has 0 spiro atoms. The molecule has 5 nitrogen and oxygen atoms in total. The van der Waals surface area contributed by atoms with Gasteiger partial charge >= 0.3 is 5.97 Å². The molecule has 0 unspecified atom stereocenters. The minimum Gasteiger partial charge on any atom is -0.469 e. The Labute approximate surface area is 285 Å². The number of methoxy groups -OCH3 is 1. The van der Waals surface area contributed by atoms with Crippen LogP contribution in [0.25, 0.3) is 0 Å². The van der Waals surface area contributed by atoms with Crippen molar-refractivity contribution in [1.82, 2.24) is 0 Å². The summed E-state index contributed by atoms with van der Waals surface area (Å²) >= 11 is 4.27. The Kier molecular flexibility index (Phi) is 15.9.